The number of aromatic nitrogens is 2. The summed E-state index contributed by atoms with van der Waals surface area (Å²) in [5, 5.41) is 2.94. The molecule has 2 aromatic carbocycles. The summed E-state index contributed by atoms with van der Waals surface area (Å²) in [6, 6.07) is 15.7. The first kappa shape index (κ1) is 14.1. The van der Waals surface area contributed by atoms with Crippen LogP contribution >= 0.6 is 0 Å². The first-order chi connectivity index (χ1) is 10.7. The van der Waals surface area contributed by atoms with Crippen LogP contribution in [0.5, 0.6) is 0 Å². The van der Waals surface area contributed by atoms with Crippen LogP contribution in [0.1, 0.15) is 11.1 Å². The van der Waals surface area contributed by atoms with Crippen LogP contribution < -0.4 is 5.32 Å². The number of aryl methyl sites for hydroxylation is 1. The number of hydrogen-bond acceptors (Lipinski definition) is 2. The fourth-order valence-corrected chi connectivity index (χ4v) is 2.39. The maximum Gasteiger partial charge on any atom is 0.228 e. The van der Waals surface area contributed by atoms with Crippen molar-refractivity contribution in [3.8, 4) is 11.3 Å². The lowest BCUT2D eigenvalue weighted by atomic mass is 10.1. The molecule has 0 unspecified atom stereocenters. The van der Waals surface area contributed by atoms with Crippen molar-refractivity contribution >= 4 is 11.6 Å². The summed E-state index contributed by atoms with van der Waals surface area (Å²) in [6.45, 7) is 2.02. The standard InChI is InChI=1S/C18H17N3O/c1-13-4-2-5-14(8-13)9-18(22)21-16-7-3-6-15(10-16)17-11-19-12-20-17/h2-8,10-12H,9H2,1H3,(H,19,20)(H,21,22). The molecule has 0 atom stereocenters. The normalized spacial score (nSPS) is 10.4. The van der Waals surface area contributed by atoms with Gasteiger partial charge in [-0.1, -0.05) is 42.0 Å². The molecule has 0 saturated heterocycles. The molecule has 0 aliphatic heterocycles. The number of benzene rings is 2. The molecule has 4 nitrogen and oxygen atoms in total. The predicted molar refractivity (Wildman–Crippen MR) is 87.5 cm³/mol. The van der Waals surface area contributed by atoms with E-state index in [0.29, 0.717) is 6.42 Å². The van der Waals surface area contributed by atoms with Gasteiger partial charge in [0.2, 0.25) is 5.91 Å². The molecule has 2 N–H and O–H groups in total. The summed E-state index contributed by atoms with van der Waals surface area (Å²) < 4.78 is 0. The van der Waals surface area contributed by atoms with Crippen molar-refractivity contribution in [2.24, 2.45) is 0 Å². The Morgan fingerprint density at radius 3 is 2.82 bits per heavy atom. The van der Waals surface area contributed by atoms with Crippen LogP contribution in [0, 0.1) is 6.92 Å². The molecule has 3 aromatic rings. The van der Waals surface area contributed by atoms with E-state index < -0.39 is 0 Å². The number of nitrogens with zero attached hydrogens (tertiary/aromatic N) is 1. The lowest BCUT2D eigenvalue weighted by molar-refractivity contribution is -0.115. The van der Waals surface area contributed by atoms with E-state index in [4.69, 9.17) is 0 Å². The molecule has 0 fully saturated rings. The molecule has 3 rings (SSSR count). The Labute approximate surface area is 129 Å². The van der Waals surface area contributed by atoms with E-state index in [1.807, 2.05) is 55.5 Å². The van der Waals surface area contributed by atoms with Crippen molar-refractivity contribution in [1.29, 1.82) is 0 Å². The predicted octanol–water partition coefficient (Wildman–Crippen LogP) is 3.57. The summed E-state index contributed by atoms with van der Waals surface area (Å²) in [7, 11) is 0. The Kier molecular flexibility index (Phi) is 4.01. The second-order valence-electron chi connectivity index (χ2n) is 5.26. The van der Waals surface area contributed by atoms with Gasteiger partial charge >= 0.3 is 0 Å². The second-order valence-corrected chi connectivity index (χ2v) is 5.26. The lowest BCUT2D eigenvalue weighted by Crippen LogP contribution is -2.14. The molecule has 0 aliphatic rings. The SMILES string of the molecule is Cc1cccc(CC(=O)Nc2cccc(-c3cnc[nH]3)c2)c1. The smallest absolute Gasteiger partial charge is 0.228 e. The Balaban J connectivity index is 1.70. The quantitative estimate of drug-likeness (QED) is 0.772. The maximum absolute atomic E-state index is 12.2. The molecule has 1 amide bonds. The lowest BCUT2D eigenvalue weighted by Gasteiger charge is -2.07. The minimum atomic E-state index is -0.0210. The highest BCUT2D eigenvalue weighted by atomic mass is 16.1. The van der Waals surface area contributed by atoms with Gasteiger partial charge in [-0.3, -0.25) is 4.79 Å². The van der Waals surface area contributed by atoms with Gasteiger partial charge in [0.25, 0.3) is 0 Å². The molecule has 0 radical (unpaired) electrons. The van der Waals surface area contributed by atoms with E-state index in [-0.39, 0.29) is 5.91 Å². The number of carbonyl (C=O) groups excluding carboxylic acids is 1. The third kappa shape index (κ3) is 3.41. The molecule has 0 bridgehead atoms. The number of hydrogen-bond donors (Lipinski definition) is 2. The van der Waals surface area contributed by atoms with E-state index in [1.54, 1.807) is 12.5 Å². The fraction of sp³-hybridized carbons (Fsp3) is 0.111. The van der Waals surface area contributed by atoms with E-state index in [9.17, 15) is 4.79 Å². The number of nitrogens with one attached hydrogen (secondary N) is 2. The van der Waals surface area contributed by atoms with Gasteiger partial charge in [-0.25, -0.2) is 4.98 Å². The van der Waals surface area contributed by atoms with Gasteiger partial charge in [0, 0.05) is 11.3 Å². The number of H-pyrrole nitrogens is 1. The van der Waals surface area contributed by atoms with Gasteiger partial charge in [0.15, 0.2) is 0 Å². The zero-order chi connectivity index (χ0) is 15.4. The highest BCUT2D eigenvalue weighted by molar-refractivity contribution is 5.92. The molecular formula is C18H17N3O. The molecule has 0 spiro atoms. The Morgan fingerprint density at radius 1 is 1.18 bits per heavy atom. The van der Waals surface area contributed by atoms with Crippen LogP contribution in [-0.4, -0.2) is 15.9 Å². The molecular weight excluding hydrogens is 274 g/mol. The van der Waals surface area contributed by atoms with Crippen molar-refractivity contribution in [1.82, 2.24) is 9.97 Å². The van der Waals surface area contributed by atoms with Crippen LogP contribution in [0.3, 0.4) is 0 Å². The Hall–Kier alpha value is -2.88. The fourth-order valence-electron chi connectivity index (χ4n) is 2.39. The molecule has 4 heteroatoms. The highest BCUT2D eigenvalue weighted by Crippen LogP contribution is 2.20. The number of imidazole rings is 1. The Bertz CT molecular complexity index is 779. The van der Waals surface area contributed by atoms with Gasteiger partial charge in [-0.2, -0.15) is 0 Å². The molecule has 0 saturated carbocycles. The average molecular weight is 291 g/mol. The van der Waals surface area contributed by atoms with Crippen molar-refractivity contribution in [2.75, 3.05) is 5.32 Å². The summed E-state index contributed by atoms with van der Waals surface area (Å²) in [6.07, 6.45) is 3.77. The van der Waals surface area contributed by atoms with Gasteiger partial charge < -0.3 is 10.3 Å². The van der Waals surface area contributed by atoms with E-state index in [2.05, 4.69) is 15.3 Å². The van der Waals surface area contributed by atoms with E-state index in [0.717, 1.165) is 28.1 Å². The molecule has 1 aromatic heterocycles. The van der Waals surface area contributed by atoms with E-state index >= 15 is 0 Å². The molecule has 22 heavy (non-hydrogen) atoms. The largest absolute Gasteiger partial charge is 0.345 e. The first-order valence-electron chi connectivity index (χ1n) is 7.15. The number of carbonyl (C=O) groups is 1. The van der Waals surface area contributed by atoms with Crippen molar-refractivity contribution in [2.45, 2.75) is 13.3 Å². The number of aromatic amines is 1. The zero-order valence-electron chi connectivity index (χ0n) is 12.3. The minimum absolute atomic E-state index is 0.0210. The zero-order valence-corrected chi connectivity index (χ0v) is 12.3. The van der Waals surface area contributed by atoms with Crippen LogP contribution in [0.25, 0.3) is 11.3 Å². The molecule has 110 valence electrons. The number of amides is 1. The topological polar surface area (TPSA) is 57.8 Å². The maximum atomic E-state index is 12.2. The van der Waals surface area contributed by atoms with Crippen molar-refractivity contribution in [3.05, 3.63) is 72.2 Å². The highest BCUT2D eigenvalue weighted by Gasteiger charge is 2.06. The van der Waals surface area contributed by atoms with Crippen molar-refractivity contribution in [3.63, 3.8) is 0 Å². The summed E-state index contributed by atoms with van der Waals surface area (Å²) >= 11 is 0. The van der Waals surface area contributed by atoms with Crippen LogP contribution in [0.2, 0.25) is 0 Å². The monoisotopic (exact) mass is 291 g/mol. The van der Waals surface area contributed by atoms with Gasteiger partial charge in [-0.05, 0) is 24.6 Å². The molecule has 1 heterocycles. The summed E-state index contributed by atoms with van der Waals surface area (Å²) in [5.74, 6) is -0.0210. The third-order valence-corrected chi connectivity index (χ3v) is 3.40. The van der Waals surface area contributed by atoms with Crippen LogP contribution in [0.15, 0.2) is 61.1 Å². The second kappa shape index (κ2) is 6.26. The van der Waals surface area contributed by atoms with E-state index in [1.165, 1.54) is 0 Å². The van der Waals surface area contributed by atoms with Crippen LogP contribution in [-0.2, 0) is 11.2 Å². The Morgan fingerprint density at radius 2 is 2.05 bits per heavy atom. The van der Waals surface area contributed by atoms with Crippen molar-refractivity contribution < 1.29 is 4.79 Å². The summed E-state index contributed by atoms with van der Waals surface area (Å²) in [5.41, 5.74) is 4.87. The van der Waals surface area contributed by atoms with Crippen LogP contribution in [0.4, 0.5) is 5.69 Å². The average Bonchev–Trinajstić information content (AvgIpc) is 3.01. The number of anilines is 1. The first-order valence-corrected chi connectivity index (χ1v) is 7.15. The van der Waals surface area contributed by atoms with Gasteiger partial charge in [0.1, 0.15) is 0 Å². The van der Waals surface area contributed by atoms with Gasteiger partial charge in [-0.15, -0.1) is 0 Å². The number of rotatable bonds is 4. The summed E-state index contributed by atoms with van der Waals surface area (Å²) in [4.78, 5) is 19.2. The third-order valence-electron chi connectivity index (χ3n) is 3.40. The minimum Gasteiger partial charge on any atom is -0.345 e. The van der Waals surface area contributed by atoms with Gasteiger partial charge in [0.05, 0.1) is 24.6 Å². The molecule has 0 aliphatic carbocycles.